The van der Waals surface area contributed by atoms with Crippen molar-refractivity contribution in [2.24, 2.45) is 0 Å². The third-order valence-electron chi connectivity index (χ3n) is 4.32. The van der Waals surface area contributed by atoms with Gasteiger partial charge in [0, 0.05) is 11.1 Å². The van der Waals surface area contributed by atoms with E-state index in [1.54, 1.807) is 49.4 Å². The minimum atomic E-state index is -0.636. The molecule has 2 amide bonds. The molecule has 0 atom stereocenters. The number of hydrogen-bond donors (Lipinski definition) is 2. The maximum atomic E-state index is 12.8. The van der Waals surface area contributed by atoms with E-state index >= 15 is 0 Å². The number of carbonyl (C=O) groups is 2. The molecule has 0 aliphatic heterocycles. The summed E-state index contributed by atoms with van der Waals surface area (Å²) in [5.41, 5.74) is 6.33. The van der Waals surface area contributed by atoms with Crippen molar-refractivity contribution in [2.75, 3.05) is 0 Å². The van der Waals surface area contributed by atoms with E-state index in [4.69, 9.17) is 27.7 Å². The fourth-order valence-electron chi connectivity index (χ4n) is 2.83. The first-order valence-electron chi connectivity index (χ1n) is 8.80. The van der Waals surface area contributed by atoms with Crippen LogP contribution in [0.4, 0.5) is 0 Å². The molecule has 2 heterocycles. The predicted octanol–water partition coefficient (Wildman–Crippen LogP) is 3.01. The topological polar surface area (TPSA) is 128 Å². The normalized spacial score (nSPS) is 10.7. The Morgan fingerprint density at radius 2 is 1.68 bits per heavy atom. The van der Waals surface area contributed by atoms with Gasteiger partial charge < -0.3 is 4.52 Å². The van der Waals surface area contributed by atoms with Crippen LogP contribution in [0.25, 0.3) is 16.9 Å². The second kappa shape index (κ2) is 8.54. The molecule has 0 unspecified atom stereocenters. The average Bonchev–Trinajstić information content (AvgIpc) is 3.42. The lowest BCUT2D eigenvalue weighted by Gasteiger charge is -2.09. The fourth-order valence-corrected chi connectivity index (χ4v) is 3.40. The molecule has 2 aromatic carbocycles. The average molecular weight is 458 g/mol. The standard InChI is InChI=1S/C19H13Cl2N7O3/c1-10-15(17(25-31-10)16-13(20)3-2-4-14(16)21)19(30)24-23-18(29)11-5-7-12(8-6-11)28-9-22-26-27-28/h2-9H,1H3,(H,23,29)(H,24,30). The lowest BCUT2D eigenvalue weighted by Crippen LogP contribution is -2.41. The summed E-state index contributed by atoms with van der Waals surface area (Å²) in [6.45, 7) is 1.57. The number of hydrazine groups is 1. The van der Waals surface area contributed by atoms with Crippen molar-refractivity contribution in [1.29, 1.82) is 0 Å². The van der Waals surface area contributed by atoms with Crippen molar-refractivity contribution in [1.82, 2.24) is 36.2 Å². The molecule has 0 aliphatic carbocycles. The number of carbonyl (C=O) groups excluding carboxylic acids is 2. The number of halogens is 2. The van der Waals surface area contributed by atoms with Crippen molar-refractivity contribution in [2.45, 2.75) is 6.92 Å². The number of tetrazole rings is 1. The Morgan fingerprint density at radius 3 is 2.32 bits per heavy atom. The van der Waals surface area contributed by atoms with Crippen LogP contribution in [0.15, 0.2) is 53.3 Å². The zero-order chi connectivity index (χ0) is 22.0. The van der Waals surface area contributed by atoms with Crippen LogP contribution in [0.2, 0.25) is 10.0 Å². The fraction of sp³-hybridized carbons (Fsp3) is 0.0526. The molecule has 0 radical (unpaired) electrons. The summed E-state index contributed by atoms with van der Waals surface area (Å²) in [6.07, 6.45) is 1.43. The van der Waals surface area contributed by atoms with E-state index in [-0.39, 0.29) is 17.0 Å². The Hall–Kier alpha value is -3.76. The van der Waals surface area contributed by atoms with Crippen molar-refractivity contribution in [3.05, 3.63) is 75.7 Å². The number of amides is 2. The van der Waals surface area contributed by atoms with Crippen LogP contribution in [-0.4, -0.2) is 37.2 Å². The van der Waals surface area contributed by atoms with Gasteiger partial charge in [0.2, 0.25) is 0 Å². The van der Waals surface area contributed by atoms with E-state index in [0.717, 1.165) is 0 Å². The number of aryl methyl sites for hydroxylation is 1. The van der Waals surface area contributed by atoms with E-state index in [0.29, 0.717) is 26.9 Å². The number of aromatic nitrogens is 5. The van der Waals surface area contributed by atoms with Crippen LogP contribution in [-0.2, 0) is 0 Å². The van der Waals surface area contributed by atoms with Crippen LogP contribution in [0.3, 0.4) is 0 Å². The largest absolute Gasteiger partial charge is 0.360 e. The first-order valence-corrected chi connectivity index (χ1v) is 9.56. The van der Waals surface area contributed by atoms with Crippen LogP contribution < -0.4 is 10.9 Å². The first kappa shape index (κ1) is 20.5. The number of hydrogen-bond acceptors (Lipinski definition) is 7. The van der Waals surface area contributed by atoms with Gasteiger partial charge in [-0.25, -0.2) is 4.68 Å². The molecule has 0 fully saturated rings. The van der Waals surface area contributed by atoms with Crippen LogP contribution in [0, 0.1) is 6.92 Å². The highest BCUT2D eigenvalue weighted by Gasteiger charge is 2.25. The molecule has 0 saturated carbocycles. The van der Waals surface area contributed by atoms with E-state index < -0.39 is 11.8 Å². The molecule has 2 N–H and O–H groups in total. The van der Waals surface area contributed by atoms with Gasteiger partial charge in [0.05, 0.1) is 15.7 Å². The van der Waals surface area contributed by atoms with Crippen molar-refractivity contribution in [3.8, 4) is 16.9 Å². The van der Waals surface area contributed by atoms with E-state index in [1.807, 2.05) is 0 Å². The number of rotatable bonds is 4. The zero-order valence-corrected chi connectivity index (χ0v) is 17.3. The molecule has 4 rings (SSSR count). The third-order valence-corrected chi connectivity index (χ3v) is 4.95. The molecule has 0 bridgehead atoms. The summed E-state index contributed by atoms with van der Waals surface area (Å²) >= 11 is 12.5. The summed E-state index contributed by atoms with van der Waals surface area (Å²) in [5, 5.41) is 15.4. The number of nitrogens with zero attached hydrogens (tertiary/aromatic N) is 5. The maximum Gasteiger partial charge on any atom is 0.275 e. The monoisotopic (exact) mass is 457 g/mol. The highest BCUT2D eigenvalue weighted by molar-refractivity contribution is 6.39. The number of nitrogens with one attached hydrogen (secondary N) is 2. The second-order valence-electron chi connectivity index (χ2n) is 6.27. The summed E-state index contributed by atoms with van der Waals surface area (Å²) < 4.78 is 6.61. The molecular formula is C19H13Cl2N7O3. The van der Waals surface area contributed by atoms with E-state index in [9.17, 15) is 9.59 Å². The molecular weight excluding hydrogens is 445 g/mol. The zero-order valence-electron chi connectivity index (χ0n) is 15.8. The van der Waals surface area contributed by atoms with Crippen molar-refractivity contribution >= 4 is 35.0 Å². The molecule has 4 aromatic rings. The van der Waals surface area contributed by atoms with Gasteiger partial charge in [0.1, 0.15) is 23.3 Å². The van der Waals surface area contributed by atoms with Gasteiger partial charge in [-0.1, -0.05) is 34.4 Å². The summed E-state index contributed by atoms with van der Waals surface area (Å²) in [7, 11) is 0. The predicted molar refractivity (Wildman–Crippen MR) is 111 cm³/mol. The van der Waals surface area contributed by atoms with Gasteiger partial charge in [-0.3, -0.25) is 20.4 Å². The molecule has 0 saturated heterocycles. The van der Waals surface area contributed by atoms with E-state index in [1.165, 1.54) is 11.0 Å². The Labute approximate surface area is 185 Å². The Bertz CT molecular complexity index is 1230. The Kier molecular flexibility index (Phi) is 5.65. The van der Waals surface area contributed by atoms with Gasteiger partial charge >= 0.3 is 0 Å². The van der Waals surface area contributed by atoms with Gasteiger partial charge in [0.25, 0.3) is 11.8 Å². The quantitative estimate of drug-likeness (QED) is 0.450. The minimum absolute atomic E-state index is 0.101. The molecule has 10 nitrogen and oxygen atoms in total. The van der Waals surface area contributed by atoms with Crippen LogP contribution in [0.5, 0.6) is 0 Å². The maximum absolute atomic E-state index is 12.8. The minimum Gasteiger partial charge on any atom is -0.360 e. The third kappa shape index (κ3) is 4.11. The van der Waals surface area contributed by atoms with Crippen molar-refractivity contribution in [3.63, 3.8) is 0 Å². The Balaban J connectivity index is 1.50. The van der Waals surface area contributed by atoms with Crippen LogP contribution >= 0.6 is 23.2 Å². The summed E-state index contributed by atoms with van der Waals surface area (Å²) in [5.74, 6) is -0.921. The van der Waals surface area contributed by atoms with E-state index in [2.05, 4.69) is 31.5 Å². The highest BCUT2D eigenvalue weighted by atomic mass is 35.5. The van der Waals surface area contributed by atoms with Gasteiger partial charge in [0.15, 0.2) is 0 Å². The number of benzene rings is 2. The highest BCUT2D eigenvalue weighted by Crippen LogP contribution is 2.36. The van der Waals surface area contributed by atoms with Gasteiger partial charge in [-0.05, 0) is 53.7 Å². The second-order valence-corrected chi connectivity index (χ2v) is 7.08. The van der Waals surface area contributed by atoms with Gasteiger partial charge in [-0.15, -0.1) is 5.10 Å². The lowest BCUT2D eigenvalue weighted by molar-refractivity contribution is 0.0846. The van der Waals surface area contributed by atoms with Gasteiger partial charge in [-0.2, -0.15) is 0 Å². The molecule has 0 spiro atoms. The SMILES string of the molecule is Cc1onc(-c2c(Cl)cccc2Cl)c1C(=O)NNC(=O)c1ccc(-n2cnnn2)cc1. The molecule has 0 aliphatic rings. The molecule has 2 aromatic heterocycles. The lowest BCUT2D eigenvalue weighted by atomic mass is 10.1. The van der Waals surface area contributed by atoms with Crippen LogP contribution in [0.1, 0.15) is 26.5 Å². The molecule has 156 valence electrons. The first-order chi connectivity index (χ1) is 15.0. The molecule has 12 heteroatoms. The Morgan fingerprint density at radius 1 is 1.00 bits per heavy atom. The summed E-state index contributed by atoms with van der Waals surface area (Å²) in [4.78, 5) is 25.2. The van der Waals surface area contributed by atoms with Crippen molar-refractivity contribution < 1.29 is 14.1 Å². The summed E-state index contributed by atoms with van der Waals surface area (Å²) in [6, 6.07) is 11.4. The molecule has 31 heavy (non-hydrogen) atoms. The smallest absolute Gasteiger partial charge is 0.275 e.